The van der Waals surface area contributed by atoms with Crippen molar-refractivity contribution in [3.63, 3.8) is 0 Å². The maximum atomic E-state index is 14.1. The third-order valence-electron chi connectivity index (χ3n) is 3.65. The van der Waals surface area contributed by atoms with E-state index in [4.69, 9.17) is 4.74 Å². The second-order valence-electron chi connectivity index (χ2n) is 6.84. The third kappa shape index (κ3) is 4.36. The molecule has 1 aliphatic heterocycles. The number of para-hydroxylation sites is 1. The highest BCUT2D eigenvalue weighted by Crippen LogP contribution is 2.27. The molecule has 4 nitrogen and oxygen atoms in total. The van der Waals surface area contributed by atoms with Crippen LogP contribution in [0.25, 0.3) is 0 Å². The van der Waals surface area contributed by atoms with Gasteiger partial charge in [0.25, 0.3) is 0 Å². The van der Waals surface area contributed by atoms with E-state index in [9.17, 15) is 9.18 Å². The van der Waals surface area contributed by atoms with Crippen LogP contribution in [0.15, 0.2) is 18.2 Å². The van der Waals surface area contributed by atoms with E-state index >= 15 is 0 Å². The molecule has 1 N–H and O–H groups in total. The molecule has 0 aromatic heterocycles. The number of hydrogen-bond donors (Lipinski definition) is 1. The Kier molecular flexibility index (Phi) is 4.94. The van der Waals surface area contributed by atoms with Gasteiger partial charge in [-0.3, -0.25) is 0 Å². The molecule has 0 spiro atoms. The molecule has 1 atom stereocenters. The van der Waals surface area contributed by atoms with Gasteiger partial charge in [0, 0.05) is 19.1 Å². The number of aryl methyl sites for hydroxylation is 1. The molecule has 0 aliphatic carbocycles. The molecule has 1 amide bonds. The molecule has 5 heteroatoms. The molecule has 0 bridgehead atoms. The molecule has 1 heterocycles. The van der Waals surface area contributed by atoms with Crippen LogP contribution < -0.4 is 10.2 Å². The number of nitrogens with zero attached hydrogens (tertiary/aromatic N) is 1. The van der Waals surface area contributed by atoms with E-state index in [1.807, 2.05) is 38.7 Å². The van der Waals surface area contributed by atoms with Gasteiger partial charge in [0.15, 0.2) is 0 Å². The Morgan fingerprint density at radius 2 is 2.14 bits per heavy atom. The molecular formula is C17H25FN2O2. The topological polar surface area (TPSA) is 41.6 Å². The number of hydrogen-bond acceptors (Lipinski definition) is 3. The summed E-state index contributed by atoms with van der Waals surface area (Å²) in [6.07, 6.45) is 1.38. The fourth-order valence-electron chi connectivity index (χ4n) is 2.80. The zero-order valence-electron chi connectivity index (χ0n) is 13.8. The maximum Gasteiger partial charge on any atom is 0.407 e. The molecule has 0 saturated carbocycles. The molecule has 0 unspecified atom stereocenters. The van der Waals surface area contributed by atoms with Crippen LogP contribution in [0.1, 0.15) is 39.2 Å². The van der Waals surface area contributed by atoms with Crippen molar-refractivity contribution >= 4 is 11.8 Å². The van der Waals surface area contributed by atoms with Crippen molar-refractivity contribution in [2.45, 2.75) is 52.2 Å². The molecule has 0 radical (unpaired) electrons. The van der Waals surface area contributed by atoms with Crippen molar-refractivity contribution in [1.29, 1.82) is 0 Å². The standard InChI is InChI=1S/C17H25FN2O2/c1-12-7-5-9-14(18)15(12)20-10-6-8-13(11-20)19-16(21)22-17(2,3)4/h5,7,9,13H,6,8,10-11H2,1-4H3,(H,19,21)/t13-/m1/s1. The van der Waals surface area contributed by atoms with Gasteiger partial charge in [-0.05, 0) is 52.2 Å². The van der Waals surface area contributed by atoms with Gasteiger partial charge in [0.05, 0.1) is 5.69 Å². The first-order valence-corrected chi connectivity index (χ1v) is 7.76. The highest BCUT2D eigenvalue weighted by Gasteiger charge is 2.26. The van der Waals surface area contributed by atoms with Crippen LogP contribution in [-0.4, -0.2) is 30.8 Å². The molecule has 1 saturated heterocycles. The quantitative estimate of drug-likeness (QED) is 0.907. The first-order valence-electron chi connectivity index (χ1n) is 7.76. The zero-order chi connectivity index (χ0) is 16.3. The van der Waals surface area contributed by atoms with Crippen molar-refractivity contribution in [1.82, 2.24) is 5.32 Å². The Balaban J connectivity index is 2.02. The van der Waals surface area contributed by atoms with Crippen LogP contribution in [0.2, 0.25) is 0 Å². The number of halogens is 1. The number of benzene rings is 1. The number of rotatable bonds is 2. The fraction of sp³-hybridized carbons (Fsp3) is 0.588. The Labute approximate surface area is 131 Å². The lowest BCUT2D eigenvalue weighted by Gasteiger charge is -2.36. The Morgan fingerprint density at radius 1 is 1.41 bits per heavy atom. The maximum absolute atomic E-state index is 14.1. The van der Waals surface area contributed by atoms with Crippen molar-refractivity contribution in [2.24, 2.45) is 0 Å². The average Bonchev–Trinajstić information content (AvgIpc) is 2.36. The second-order valence-corrected chi connectivity index (χ2v) is 6.84. The molecular weight excluding hydrogens is 283 g/mol. The van der Waals surface area contributed by atoms with E-state index in [2.05, 4.69) is 5.32 Å². The zero-order valence-corrected chi connectivity index (χ0v) is 13.8. The molecule has 122 valence electrons. The Morgan fingerprint density at radius 3 is 2.77 bits per heavy atom. The van der Waals surface area contributed by atoms with Crippen LogP contribution in [-0.2, 0) is 4.74 Å². The van der Waals surface area contributed by atoms with Gasteiger partial charge in [-0.2, -0.15) is 0 Å². The van der Waals surface area contributed by atoms with Gasteiger partial charge < -0.3 is 15.0 Å². The summed E-state index contributed by atoms with van der Waals surface area (Å²) in [5.41, 5.74) is 1.04. The van der Waals surface area contributed by atoms with E-state index < -0.39 is 11.7 Å². The third-order valence-corrected chi connectivity index (χ3v) is 3.65. The number of carbonyl (C=O) groups excluding carboxylic acids is 1. The lowest BCUT2D eigenvalue weighted by atomic mass is 10.0. The number of carbonyl (C=O) groups is 1. The predicted octanol–water partition coefficient (Wildman–Crippen LogP) is 3.63. The fourth-order valence-corrected chi connectivity index (χ4v) is 2.80. The summed E-state index contributed by atoms with van der Waals surface area (Å²) >= 11 is 0. The largest absolute Gasteiger partial charge is 0.444 e. The number of anilines is 1. The van der Waals surface area contributed by atoms with E-state index in [0.717, 1.165) is 24.9 Å². The summed E-state index contributed by atoms with van der Waals surface area (Å²) in [6, 6.07) is 5.08. The Bertz CT molecular complexity index is 520. The summed E-state index contributed by atoms with van der Waals surface area (Å²) in [5, 5.41) is 2.89. The van der Waals surface area contributed by atoms with E-state index in [0.29, 0.717) is 12.2 Å². The number of piperidine rings is 1. The van der Waals surface area contributed by atoms with Crippen molar-refractivity contribution in [3.8, 4) is 0 Å². The minimum absolute atomic E-state index is 0.0254. The summed E-state index contributed by atoms with van der Waals surface area (Å²) < 4.78 is 19.4. The van der Waals surface area contributed by atoms with Gasteiger partial charge in [0.2, 0.25) is 0 Å². The molecule has 2 rings (SSSR count). The van der Waals surface area contributed by atoms with Crippen molar-refractivity contribution in [2.75, 3.05) is 18.0 Å². The van der Waals surface area contributed by atoms with E-state index in [1.165, 1.54) is 6.07 Å². The monoisotopic (exact) mass is 308 g/mol. The minimum atomic E-state index is -0.513. The number of nitrogens with one attached hydrogen (secondary N) is 1. The van der Waals surface area contributed by atoms with Gasteiger partial charge >= 0.3 is 6.09 Å². The normalized spacial score (nSPS) is 19.0. The first-order chi connectivity index (χ1) is 10.3. The Hall–Kier alpha value is -1.78. The number of ether oxygens (including phenoxy) is 1. The summed E-state index contributed by atoms with van der Waals surface area (Å²) in [6.45, 7) is 8.81. The molecule has 1 fully saturated rings. The lowest BCUT2D eigenvalue weighted by Crippen LogP contribution is -2.49. The molecule has 1 aromatic rings. The summed E-state index contributed by atoms with van der Waals surface area (Å²) in [5.74, 6) is -0.210. The second kappa shape index (κ2) is 6.55. The SMILES string of the molecule is Cc1cccc(F)c1N1CCC[C@@H](NC(=O)OC(C)(C)C)C1. The van der Waals surface area contributed by atoms with Gasteiger partial charge in [-0.1, -0.05) is 12.1 Å². The van der Waals surface area contributed by atoms with Crippen LogP contribution in [0, 0.1) is 12.7 Å². The average molecular weight is 308 g/mol. The van der Waals surface area contributed by atoms with Crippen molar-refractivity contribution in [3.05, 3.63) is 29.6 Å². The summed E-state index contributed by atoms with van der Waals surface area (Å²) in [4.78, 5) is 13.9. The summed E-state index contributed by atoms with van der Waals surface area (Å²) in [7, 11) is 0. The van der Waals surface area contributed by atoms with E-state index in [1.54, 1.807) is 6.07 Å². The highest BCUT2D eigenvalue weighted by molar-refractivity contribution is 5.68. The molecule has 1 aromatic carbocycles. The lowest BCUT2D eigenvalue weighted by molar-refractivity contribution is 0.0500. The number of alkyl carbamates (subject to hydrolysis) is 1. The van der Waals surface area contributed by atoms with Gasteiger partial charge in [-0.15, -0.1) is 0 Å². The molecule has 1 aliphatic rings. The van der Waals surface area contributed by atoms with Crippen molar-refractivity contribution < 1.29 is 13.9 Å². The van der Waals surface area contributed by atoms with Crippen LogP contribution in [0.4, 0.5) is 14.9 Å². The first kappa shape index (κ1) is 16.6. The van der Waals surface area contributed by atoms with Crippen LogP contribution in [0.5, 0.6) is 0 Å². The van der Waals surface area contributed by atoms with E-state index in [-0.39, 0.29) is 11.9 Å². The highest BCUT2D eigenvalue weighted by atomic mass is 19.1. The van der Waals surface area contributed by atoms with Gasteiger partial charge in [-0.25, -0.2) is 9.18 Å². The minimum Gasteiger partial charge on any atom is -0.444 e. The smallest absolute Gasteiger partial charge is 0.407 e. The van der Waals surface area contributed by atoms with Crippen LogP contribution >= 0.6 is 0 Å². The van der Waals surface area contributed by atoms with Crippen LogP contribution in [0.3, 0.4) is 0 Å². The van der Waals surface area contributed by atoms with Gasteiger partial charge in [0.1, 0.15) is 11.4 Å². The molecule has 22 heavy (non-hydrogen) atoms. The number of amides is 1. The predicted molar refractivity (Wildman–Crippen MR) is 85.7 cm³/mol.